The fourth-order valence-corrected chi connectivity index (χ4v) is 3.80. The fourth-order valence-electron chi connectivity index (χ4n) is 3.80. The zero-order chi connectivity index (χ0) is 23.2. The highest BCUT2D eigenvalue weighted by Crippen LogP contribution is 2.41. The molecule has 3 aromatic rings. The van der Waals surface area contributed by atoms with Gasteiger partial charge in [0.25, 0.3) is 5.91 Å². The number of carbonyl (C=O) groups is 2. The van der Waals surface area contributed by atoms with Crippen molar-refractivity contribution in [2.75, 3.05) is 0 Å². The molecular weight excluding hydrogens is 418 g/mol. The number of phenolic OH excluding ortho intramolecular Hbond substituents is 1. The Morgan fingerprint density at radius 2 is 1.71 bits per heavy atom. The van der Waals surface area contributed by atoms with Gasteiger partial charge in [-0.25, -0.2) is 17.6 Å². The van der Waals surface area contributed by atoms with E-state index in [-0.39, 0.29) is 22.3 Å². The number of fused-ring (bicyclic) bond motifs is 1. The summed E-state index contributed by atoms with van der Waals surface area (Å²) in [7, 11) is 0. The molecule has 5 nitrogen and oxygen atoms in total. The Balaban J connectivity index is 2.42. The molecule has 2 unspecified atom stereocenters. The first-order chi connectivity index (χ1) is 14.5. The molecule has 31 heavy (non-hydrogen) atoms. The van der Waals surface area contributed by atoms with Crippen LogP contribution in [0.1, 0.15) is 47.8 Å². The summed E-state index contributed by atoms with van der Waals surface area (Å²) in [6, 6.07) is 3.08. The van der Waals surface area contributed by atoms with Gasteiger partial charge >= 0.3 is 5.97 Å². The topological polar surface area (TPSA) is 79.5 Å². The second kappa shape index (κ2) is 8.05. The molecule has 0 saturated heterocycles. The lowest BCUT2D eigenvalue weighted by atomic mass is 9.84. The van der Waals surface area contributed by atoms with E-state index in [0.717, 1.165) is 16.7 Å². The molecule has 2 aromatic carbocycles. The second-order valence-electron chi connectivity index (χ2n) is 7.39. The molecule has 0 aliphatic rings. The van der Waals surface area contributed by atoms with Gasteiger partial charge < -0.3 is 10.2 Å². The summed E-state index contributed by atoms with van der Waals surface area (Å²) in [5.74, 6) is -10.5. The Kier molecular flexibility index (Phi) is 5.80. The Morgan fingerprint density at radius 3 is 2.26 bits per heavy atom. The van der Waals surface area contributed by atoms with E-state index in [1.54, 1.807) is 13.8 Å². The van der Waals surface area contributed by atoms with Crippen molar-refractivity contribution in [2.24, 2.45) is 5.92 Å². The maximum absolute atomic E-state index is 15.0. The summed E-state index contributed by atoms with van der Waals surface area (Å²) in [6.07, 6.45) is 0.398. The van der Waals surface area contributed by atoms with Crippen molar-refractivity contribution in [1.29, 1.82) is 0 Å². The van der Waals surface area contributed by atoms with Crippen molar-refractivity contribution in [2.45, 2.75) is 33.1 Å². The van der Waals surface area contributed by atoms with Gasteiger partial charge in [0, 0.05) is 22.7 Å². The number of carboxylic acid groups (broad SMARTS) is 1. The molecule has 2 atom stereocenters. The average molecular weight is 437 g/mol. The van der Waals surface area contributed by atoms with Crippen LogP contribution in [0.15, 0.2) is 24.3 Å². The smallest absolute Gasteiger partial charge is 0.311 e. The lowest BCUT2D eigenvalue weighted by molar-refractivity contribution is -0.140. The molecule has 2 N–H and O–H groups in total. The van der Waals surface area contributed by atoms with E-state index in [1.807, 2.05) is 0 Å². The number of halogens is 4. The molecule has 0 aliphatic carbocycles. The number of hydrogen-bond donors (Lipinski definition) is 2. The van der Waals surface area contributed by atoms with Gasteiger partial charge in [0.2, 0.25) is 0 Å². The predicted octanol–water partition coefficient (Wildman–Crippen LogP) is 5.11. The summed E-state index contributed by atoms with van der Waals surface area (Å²) in [5, 5.41) is 19.2. The molecule has 164 valence electrons. The highest BCUT2D eigenvalue weighted by Gasteiger charge is 2.35. The van der Waals surface area contributed by atoms with Gasteiger partial charge in [-0.2, -0.15) is 0 Å². The van der Waals surface area contributed by atoms with Crippen molar-refractivity contribution >= 4 is 22.8 Å². The van der Waals surface area contributed by atoms with Gasteiger partial charge in [-0.05, 0) is 36.6 Å². The van der Waals surface area contributed by atoms with E-state index in [0.29, 0.717) is 18.6 Å². The maximum Gasteiger partial charge on any atom is 0.311 e. The first-order valence-corrected chi connectivity index (χ1v) is 9.45. The molecule has 1 heterocycles. The first-order valence-electron chi connectivity index (χ1n) is 9.45. The molecule has 0 amide bonds. The Hall–Kier alpha value is -3.36. The number of nitrogens with zero attached hydrogens (tertiary/aromatic N) is 1. The van der Waals surface area contributed by atoms with Gasteiger partial charge in [0.05, 0.1) is 11.4 Å². The number of benzene rings is 2. The summed E-state index contributed by atoms with van der Waals surface area (Å²) in [4.78, 5) is 25.2. The molecule has 0 spiro atoms. The summed E-state index contributed by atoms with van der Waals surface area (Å²) in [6.45, 7) is 4.70. The largest absolute Gasteiger partial charge is 0.503 e. The Bertz CT molecular complexity index is 1220. The minimum atomic E-state index is -1.40. The zero-order valence-corrected chi connectivity index (χ0v) is 16.8. The van der Waals surface area contributed by atoms with Crippen LogP contribution in [0.25, 0.3) is 10.9 Å². The van der Waals surface area contributed by atoms with Crippen molar-refractivity contribution in [3.05, 3.63) is 64.4 Å². The SMILES string of the molecule is CCC(C)C(C(=O)O)c1c(C)n(C(=O)c2ccc(F)c(F)c2)c2cc(F)c(O)c(F)c12. The van der Waals surface area contributed by atoms with E-state index in [9.17, 15) is 37.4 Å². The molecule has 0 aliphatic heterocycles. The zero-order valence-electron chi connectivity index (χ0n) is 16.8. The van der Waals surface area contributed by atoms with Crippen molar-refractivity contribution < 1.29 is 37.4 Å². The molecule has 0 bridgehead atoms. The lowest BCUT2D eigenvalue weighted by Gasteiger charge is -2.20. The number of carboxylic acids is 1. The van der Waals surface area contributed by atoms with E-state index in [1.165, 1.54) is 6.92 Å². The van der Waals surface area contributed by atoms with E-state index >= 15 is 0 Å². The van der Waals surface area contributed by atoms with Gasteiger partial charge in [-0.15, -0.1) is 0 Å². The minimum Gasteiger partial charge on any atom is -0.503 e. The number of aliphatic carboxylic acids is 1. The molecular formula is C22H19F4NO4. The molecule has 0 fully saturated rings. The molecule has 0 radical (unpaired) electrons. The number of phenols is 1. The monoisotopic (exact) mass is 437 g/mol. The average Bonchev–Trinajstić information content (AvgIpc) is 2.99. The summed E-state index contributed by atoms with van der Waals surface area (Å²) < 4.78 is 56.9. The van der Waals surface area contributed by atoms with Crippen LogP contribution in [-0.2, 0) is 4.79 Å². The van der Waals surface area contributed by atoms with Crippen LogP contribution < -0.4 is 0 Å². The third-order valence-corrected chi connectivity index (χ3v) is 5.57. The van der Waals surface area contributed by atoms with Crippen LogP contribution in [0.3, 0.4) is 0 Å². The van der Waals surface area contributed by atoms with Crippen molar-refractivity contribution in [3.8, 4) is 5.75 Å². The fraction of sp³-hybridized carbons (Fsp3) is 0.273. The highest BCUT2D eigenvalue weighted by atomic mass is 19.2. The Morgan fingerprint density at radius 1 is 1.06 bits per heavy atom. The number of carbonyl (C=O) groups excluding carboxylic acids is 1. The normalized spacial score (nSPS) is 13.4. The van der Waals surface area contributed by atoms with Crippen LogP contribution in [0.2, 0.25) is 0 Å². The maximum atomic E-state index is 15.0. The number of rotatable bonds is 5. The Labute approximate surface area is 174 Å². The molecule has 9 heteroatoms. The van der Waals surface area contributed by atoms with Crippen LogP contribution in [0, 0.1) is 36.1 Å². The van der Waals surface area contributed by atoms with Crippen molar-refractivity contribution in [3.63, 3.8) is 0 Å². The standard InChI is InChI=1S/C22H19F4NO4/c1-4-9(2)16(22(30)31)17-10(3)27(15-8-14(25)20(28)19(26)18(15)17)21(29)11-5-6-12(23)13(24)7-11/h5-9,16,28H,4H2,1-3H3,(H,30,31). The van der Waals surface area contributed by atoms with Gasteiger partial charge in [-0.1, -0.05) is 20.3 Å². The molecule has 3 rings (SSSR count). The summed E-state index contributed by atoms with van der Waals surface area (Å²) in [5.41, 5.74) is -0.749. The number of hydrogen-bond acceptors (Lipinski definition) is 3. The highest BCUT2D eigenvalue weighted by molar-refractivity contribution is 6.05. The van der Waals surface area contributed by atoms with E-state index in [4.69, 9.17) is 0 Å². The molecule has 0 saturated carbocycles. The van der Waals surface area contributed by atoms with E-state index < -0.39 is 58.1 Å². The van der Waals surface area contributed by atoms with Crippen LogP contribution in [0.5, 0.6) is 5.75 Å². The second-order valence-corrected chi connectivity index (χ2v) is 7.39. The summed E-state index contributed by atoms with van der Waals surface area (Å²) >= 11 is 0. The van der Waals surface area contributed by atoms with Crippen LogP contribution in [-0.4, -0.2) is 26.7 Å². The third-order valence-electron chi connectivity index (χ3n) is 5.57. The molecule has 1 aromatic heterocycles. The van der Waals surface area contributed by atoms with Crippen molar-refractivity contribution in [1.82, 2.24) is 4.57 Å². The third kappa shape index (κ3) is 3.54. The number of aromatic hydroxyl groups is 1. The van der Waals surface area contributed by atoms with E-state index in [2.05, 4.69) is 0 Å². The minimum absolute atomic E-state index is 0.0127. The van der Waals surface area contributed by atoms with Crippen LogP contribution in [0.4, 0.5) is 17.6 Å². The van der Waals surface area contributed by atoms with Gasteiger partial charge in [0.15, 0.2) is 29.0 Å². The lowest BCUT2D eigenvalue weighted by Crippen LogP contribution is -2.21. The van der Waals surface area contributed by atoms with Gasteiger partial charge in [0.1, 0.15) is 0 Å². The van der Waals surface area contributed by atoms with Gasteiger partial charge in [-0.3, -0.25) is 14.2 Å². The predicted molar refractivity (Wildman–Crippen MR) is 104 cm³/mol. The quantitative estimate of drug-likeness (QED) is 0.544. The van der Waals surface area contributed by atoms with Crippen LogP contribution >= 0.6 is 0 Å². The number of aromatic nitrogens is 1. The first kappa shape index (κ1) is 22.3.